The van der Waals surface area contributed by atoms with Gasteiger partial charge in [-0.05, 0) is 20.3 Å². The number of amides is 2. The van der Waals surface area contributed by atoms with Gasteiger partial charge < -0.3 is 15.4 Å². The first kappa shape index (κ1) is 17.2. The molecule has 2 amide bonds. The second kappa shape index (κ2) is 10.00. The van der Waals surface area contributed by atoms with Crippen LogP contribution in [0.15, 0.2) is 0 Å². The van der Waals surface area contributed by atoms with Crippen LogP contribution in [0.1, 0.15) is 46.5 Å². The van der Waals surface area contributed by atoms with Gasteiger partial charge in [-0.15, -0.1) is 0 Å². The number of rotatable bonds is 8. The van der Waals surface area contributed by atoms with Crippen molar-refractivity contribution in [1.82, 2.24) is 15.5 Å². The number of morpholine rings is 1. The van der Waals surface area contributed by atoms with Crippen LogP contribution in [0.2, 0.25) is 0 Å². The Morgan fingerprint density at radius 3 is 2.45 bits per heavy atom. The highest BCUT2D eigenvalue weighted by atomic mass is 16.5. The normalized spacial score (nSPS) is 19.4. The molecule has 118 valence electrons. The molecule has 0 radical (unpaired) electrons. The molecular weight excluding hydrogens is 254 g/mol. The molecule has 2 unspecified atom stereocenters. The average molecular weight is 285 g/mol. The summed E-state index contributed by atoms with van der Waals surface area (Å²) in [6, 6.07) is 0.364. The first-order valence-electron chi connectivity index (χ1n) is 7.99. The van der Waals surface area contributed by atoms with Gasteiger partial charge in [-0.2, -0.15) is 0 Å². The smallest absolute Gasteiger partial charge is 0.315 e. The fourth-order valence-electron chi connectivity index (χ4n) is 2.48. The lowest BCUT2D eigenvalue weighted by molar-refractivity contribution is 0.0349. The van der Waals surface area contributed by atoms with Crippen molar-refractivity contribution in [3.63, 3.8) is 0 Å². The summed E-state index contributed by atoms with van der Waals surface area (Å²) in [6.45, 7) is 10.7. The molecule has 0 aromatic heterocycles. The van der Waals surface area contributed by atoms with Gasteiger partial charge in [0.2, 0.25) is 0 Å². The molecule has 1 aliphatic heterocycles. The summed E-state index contributed by atoms with van der Waals surface area (Å²) in [5, 5.41) is 6.03. The van der Waals surface area contributed by atoms with Crippen molar-refractivity contribution < 1.29 is 9.53 Å². The highest BCUT2D eigenvalue weighted by Crippen LogP contribution is 2.03. The lowest BCUT2D eigenvalue weighted by atomic mass is 10.1. The monoisotopic (exact) mass is 285 g/mol. The van der Waals surface area contributed by atoms with Crippen molar-refractivity contribution in [3.05, 3.63) is 0 Å². The predicted octanol–water partition coefficient (Wildman–Crippen LogP) is 1.98. The maximum atomic E-state index is 11.9. The molecular formula is C15H31N3O2. The zero-order valence-corrected chi connectivity index (χ0v) is 13.3. The molecule has 2 N–H and O–H groups in total. The van der Waals surface area contributed by atoms with Crippen LogP contribution in [-0.2, 0) is 4.74 Å². The molecule has 1 heterocycles. The van der Waals surface area contributed by atoms with E-state index in [2.05, 4.69) is 36.3 Å². The molecule has 0 aromatic carbocycles. The van der Waals surface area contributed by atoms with Gasteiger partial charge >= 0.3 is 6.03 Å². The summed E-state index contributed by atoms with van der Waals surface area (Å²) in [5.74, 6) is 0. The van der Waals surface area contributed by atoms with E-state index in [-0.39, 0.29) is 18.1 Å². The molecule has 0 saturated carbocycles. The average Bonchev–Trinajstić information content (AvgIpc) is 2.39. The molecule has 0 spiro atoms. The third kappa shape index (κ3) is 7.70. The number of hydrogen-bond acceptors (Lipinski definition) is 3. The van der Waals surface area contributed by atoms with Gasteiger partial charge in [-0.1, -0.05) is 26.2 Å². The lowest BCUT2D eigenvalue weighted by Crippen LogP contribution is -2.50. The van der Waals surface area contributed by atoms with Gasteiger partial charge in [0, 0.05) is 31.7 Å². The van der Waals surface area contributed by atoms with Crippen LogP contribution in [-0.4, -0.2) is 55.9 Å². The minimum absolute atomic E-state index is 0.0465. The number of ether oxygens (including phenoxy) is 1. The fraction of sp³-hybridized carbons (Fsp3) is 0.933. The molecule has 2 atom stereocenters. The van der Waals surface area contributed by atoms with Crippen molar-refractivity contribution in [2.24, 2.45) is 0 Å². The van der Waals surface area contributed by atoms with Crippen molar-refractivity contribution in [2.75, 3.05) is 32.8 Å². The van der Waals surface area contributed by atoms with Gasteiger partial charge in [0.05, 0.1) is 13.2 Å². The number of nitrogens with one attached hydrogen (secondary N) is 2. The summed E-state index contributed by atoms with van der Waals surface area (Å²) in [4.78, 5) is 14.2. The fourth-order valence-corrected chi connectivity index (χ4v) is 2.48. The quantitative estimate of drug-likeness (QED) is 0.671. The maximum absolute atomic E-state index is 11.9. The highest BCUT2D eigenvalue weighted by Gasteiger charge is 2.15. The number of unbranched alkanes of at least 4 members (excludes halogenated alkanes) is 2. The van der Waals surface area contributed by atoms with Crippen molar-refractivity contribution in [3.8, 4) is 0 Å². The second-order valence-electron chi connectivity index (χ2n) is 5.83. The third-order valence-corrected chi connectivity index (χ3v) is 3.63. The first-order chi connectivity index (χ1) is 9.61. The number of urea groups is 1. The Morgan fingerprint density at radius 2 is 1.80 bits per heavy atom. The van der Waals surface area contributed by atoms with Crippen LogP contribution in [0, 0.1) is 0 Å². The van der Waals surface area contributed by atoms with E-state index < -0.39 is 0 Å². The van der Waals surface area contributed by atoms with Gasteiger partial charge in [-0.3, -0.25) is 4.90 Å². The summed E-state index contributed by atoms with van der Waals surface area (Å²) >= 11 is 0. The maximum Gasteiger partial charge on any atom is 0.315 e. The highest BCUT2D eigenvalue weighted by molar-refractivity contribution is 5.74. The van der Waals surface area contributed by atoms with Gasteiger partial charge in [0.15, 0.2) is 0 Å². The molecule has 0 aromatic rings. The van der Waals surface area contributed by atoms with Crippen LogP contribution in [0.5, 0.6) is 0 Å². The van der Waals surface area contributed by atoms with Crippen molar-refractivity contribution in [2.45, 2.75) is 58.5 Å². The lowest BCUT2D eigenvalue weighted by Gasteiger charge is -2.29. The minimum Gasteiger partial charge on any atom is -0.379 e. The second-order valence-corrected chi connectivity index (χ2v) is 5.83. The van der Waals surface area contributed by atoms with E-state index in [4.69, 9.17) is 4.74 Å². The number of carbonyl (C=O) groups excluding carboxylic acids is 1. The van der Waals surface area contributed by atoms with E-state index in [1.54, 1.807) is 0 Å². The molecule has 20 heavy (non-hydrogen) atoms. The van der Waals surface area contributed by atoms with E-state index >= 15 is 0 Å². The number of carbonyl (C=O) groups is 1. The number of hydrogen-bond donors (Lipinski definition) is 2. The van der Waals surface area contributed by atoms with Crippen LogP contribution in [0.4, 0.5) is 4.79 Å². The van der Waals surface area contributed by atoms with E-state index in [1.165, 1.54) is 19.3 Å². The van der Waals surface area contributed by atoms with E-state index in [0.717, 1.165) is 39.3 Å². The molecule has 1 saturated heterocycles. The third-order valence-electron chi connectivity index (χ3n) is 3.63. The van der Waals surface area contributed by atoms with Gasteiger partial charge in [0.25, 0.3) is 0 Å². The summed E-state index contributed by atoms with van der Waals surface area (Å²) in [5.41, 5.74) is 0. The standard InChI is InChI=1S/C15H31N3O2/c1-4-5-6-7-13(2)16-15(19)17-14(3)12-18-8-10-20-11-9-18/h13-14H,4-12H2,1-3H3,(H2,16,17,19). The van der Waals surface area contributed by atoms with E-state index in [0.29, 0.717) is 0 Å². The minimum atomic E-state index is -0.0465. The Kier molecular flexibility index (Phi) is 8.62. The molecule has 1 aliphatic rings. The van der Waals surface area contributed by atoms with Crippen molar-refractivity contribution >= 4 is 6.03 Å². The zero-order chi connectivity index (χ0) is 14.8. The van der Waals surface area contributed by atoms with E-state index in [9.17, 15) is 4.79 Å². The number of nitrogens with zero attached hydrogens (tertiary/aromatic N) is 1. The van der Waals surface area contributed by atoms with Crippen LogP contribution in [0.3, 0.4) is 0 Å². The largest absolute Gasteiger partial charge is 0.379 e. The summed E-state index contributed by atoms with van der Waals surface area (Å²) in [6.07, 6.45) is 4.69. The Bertz CT molecular complexity index is 268. The van der Waals surface area contributed by atoms with Crippen LogP contribution in [0.25, 0.3) is 0 Å². The van der Waals surface area contributed by atoms with Gasteiger partial charge in [-0.25, -0.2) is 4.79 Å². The van der Waals surface area contributed by atoms with E-state index in [1.807, 2.05) is 0 Å². The molecule has 1 fully saturated rings. The van der Waals surface area contributed by atoms with Crippen LogP contribution >= 0.6 is 0 Å². The molecule has 5 nitrogen and oxygen atoms in total. The Morgan fingerprint density at radius 1 is 1.15 bits per heavy atom. The summed E-state index contributed by atoms with van der Waals surface area (Å²) < 4.78 is 5.32. The topological polar surface area (TPSA) is 53.6 Å². The molecule has 5 heteroatoms. The Balaban J connectivity index is 2.13. The van der Waals surface area contributed by atoms with Gasteiger partial charge in [0.1, 0.15) is 0 Å². The molecule has 0 bridgehead atoms. The first-order valence-corrected chi connectivity index (χ1v) is 7.99. The predicted molar refractivity (Wildman–Crippen MR) is 82.0 cm³/mol. The summed E-state index contributed by atoms with van der Waals surface area (Å²) in [7, 11) is 0. The molecule has 1 rings (SSSR count). The zero-order valence-electron chi connectivity index (χ0n) is 13.3. The molecule has 0 aliphatic carbocycles. The SMILES string of the molecule is CCCCCC(C)NC(=O)NC(C)CN1CCOCC1. The Labute approximate surface area is 123 Å². The Hall–Kier alpha value is -0.810. The van der Waals surface area contributed by atoms with Crippen LogP contribution < -0.4 is 10.6 Å². The van der Waals surface area contributed by atoms with Crippen molar-refractivity contribution in [1.29, 1.82) is 0 Å².